The number of pyridine rings is 1. The van der Waals surface area contributed by atoms with Crippen LogP contribution in [-0.2, 0) is 0 Å². The van der Waals surface area contributed by atoms with E-state index in [0.717, 1.165) is 23.4 Å². The molecule has 0 spiro atoms. The monoisotopic (exact) mass is 258 g/mol. The molecule has 1 N–H and O–H groups in total. The molecule has 102 valence electrons. The smallest absolute Gasteiger partial charge is 0.243 e. The van der Waals surface area contributed by atoms with Crippen molar-refractivity contribution in [1.82, 2.24) is 14.6 Å². The number of rotatable bonds is 2. The van der Waals surface area contributed by atoms with Crippen molar-refractivity contribution in [3.63, 3.8) is 0 Å². The molecule has 0 radical (unpaired) electrons. The van der Waals surface area contributed by atoms with E-state index in [-0.39, 0.29) is 0 Å². The minimum absolute atomic E-state index is 0.511. The summed E-state index contributed by atoms with van der Waals surface area (Å²) in [6.45, 7) is 6.74. The summed E-state index contributed by atoms with van der Waals surface area (Å²) in [5, 5.41) is 8.02. The molecule has 0 bridgehead atoms. The first kappa shape index (κ1) is 12.5. The van der Waals surface area contributed by atoms with Gasteiger partial charge in [0.15, 0.2) is 5.65 Å². The molecule has 0 amide bonds. The van der Waals surface area contributed by atoms with Gasteiger partial charge in [0.2, 0.25) is 5.95 Å². The van der Waals surface area contributed by atoms with Crippen molar-refractivity contribution in [2.75, 3.05) is 5.32 Å². The van der Waals surface area contributed by atoms with Crippen LogP contribution >= 0.6 is 0 Å². The van der Waals surface area contributed by atoms with E-state index < -0.39 is 0 Å². The first-order chi connectivity index (χ1) is 9.10. The third-order valence-corrected chi connectivity index (χ3v) is 3.99. The fourth-order valence-corrected chi connectivity index (χ4v) is 3.29. The molecule has 1 aliphatic rings. The number of hydrogen-bond acceptors (Lipinski definition) is 3. The number of aromatic nitrogens is 3. The number of anilines is 1. The van der Waals surface area contributed by atoms with Gasteiger partial charge in [-0.1, -0.05) is 19.9 Å². The average molecular weight is 258 g/mol. The van der Waals surface area contributed by atoms with Crippen molar-refractivity contribution in [2.45, 2.75) is 46.1 Å². The molecule has 2 aromatic heterocycles. The van der Waals surface area contributed by atoms with Crippen LogP contribution in [0, 0.1) is 18.8 Å². The standard InChI is InChI=1S/C15H22N4/c1-10-4-5-14-17-15(18-19(14)9-10)16-13-7-11(2)6-12(3)8-13/h4-5,9,11-13H,6-8H2,1-3H3,(H,16,18). The quantitative estimate of drug-likeness (QED) is 0.899. The lowest BCUT2D eigenvalue weighted by Gasteiger charge is -2.31. The van der Waals surface area contributed by atoms with Gasteiger partial charge in [-0.2, -0.15) is 4.98 Å². The topological polar surface area (TPSA) is 42.2 Å². The summed E-state index contributed by atoms with van der Waals surface area (Å²) in [7, 11) is 0. The molecule has 3 rings (SSSR count). The highest BCUT2D eigenvalue weighted by molar-refractivity contribution is 5.44. The summed E-state index contributed by atoms with van der Waals surface area (Å²) >= 11 is 0. The van der Waals surface area contributed by atoms with Crippen molar-refractivity contribution < 1.29 is 0 Å². The Labute approximate surface area is 114 Å². The third kappa shape index (κ3) is 2.72. The Morgan fingerprint density at radius 2 is 1.89 bits per heavy atom. The molecule has 0 aromatic carbocycles. The summed E-state index contributed by atoms with van der Waals surface area (Å²) in [5.74, 6) is 2.35. The van der Waals surface area contributed by atoms with Gasteiger partial charge in [-0.05, 0) is 49.7 Å². The molecule has 19 heavy (non-hydrogen) atoms. The Morgan fingerprint density at radius 1 is 1.16 bits per heavy atom. The van der Waals surface area contributed by atoms with E-state index in [0.29, 0.717) is 6.04 Å². The number of nitrogens with one attached hydrogen (secondary N) is 1. The molecule has 0 aliphatic heterocycles. The highest BCUT2D eigenvalue weighted by Crippen LogP contribution is 2.29. The Morgan fingerprint density at radius 3 is 2.63 bits per heavy atom. The van der Waals surface area contributed by atoms with Gasteiger partial charge in [0.05, 0.1) is 0 Å². The molecule has 4 nitrogen and oxygen atoms in total. The lowest BCUT2D eigenvalue weighted by molar-refractivity contribution is 0.280. The Hall–Kier alpha value is -1.58. The van der Waals surface area contributed by atoms with Gasteiger partial charge in [-0.3, -0.25) is 0 Å². The van der Waals surface area contributed by atoms with E-state index in [1.807, 2.05) is 16.8 Å². The van der Waals surface area contributed by atoms with Crippen LogP contribution in [-0.4, -0.2) is 20.6 Å². The van der Waals surface area contributed by atoms with Crippen LogP contribution in [0.2, 0.25) is 0 Å². The van der Waals surface area contributed by atoms with Crippen LogP contribution in [0.4, 0.5) is 5.95 Å². The lowest BCUT2D eigenvalue weighted by Crippen LogP contribution is -2.30. The molecule has 0 saturated heterocycles. The summed E-state index contributed by atoms with van der Waals surface area (Å²) in [4.78, 5) is 4.54. The fourth-order valence-electron chi connectivity index (χ4n) is 3.29. The van der Waals surface area contributed by atoms with Crippen molar-refractivity contribution >= 4 is 11.6 Å². The minimum atomic E-state index is 0.511. The second-order valence-corrected chi connectivity index (χ2v) is 6.20. The fraction of sp³-hybridized carbons (Fsp3) is 0.600. The molecule has 2 atom stereocenters. The Bertz CT molecular complexity index is 565. The third-order valence-electron chi connectivity index (χ3n) is 3.99. The van der Waals surface area contributed by atoms with Gasteiger partial charge in [0, 0.05) is 12.2 Å². The predicted molar refractivity (Wildman–Crippen MR) is 77.3 cm³/mol. The molecule has 1 fully saturated rings. The Balaban J connectivity index is 1.77. The first-order valence-electron chi connectivity index (χ1n) is 7.19. The minimum Gasteiger partial charge on any atom is -0.350 e. The van der Waals surface area contributed by atoms with Gasteiger partial charge >= 0.3 is 0 Å². The number of aryl methyl sites for hydroxylation is 1. The highest BCUT2D eigenvalue weighted by atomic mass is 15.3. The van der Waals surface area contributed by atoms with Gasteiger partial charge in [-0.15, -0.1) is 5.10 Å². The van der Waals surface area contributed by atoms with Crippen molar-refractivity contribution in [3.05, 3.63) is 23.9 Å². The molecular formula is C15H22N4. The number of hydrogen-bond donors (Lipinski definition) is 1. The van der Waals surface area contributed by atoms with E-state index in [1.54, 1.807) is 0 Å². The molecular weight excluding hydrogens is 236 g/mol. The average Bonchev–Trinajstić information content (AvgIpc) is 2.68. The van der Waals surface area contributed by atoms with E-state index in [2.05, 4.69) is 42.2 Å². The molecule has 1 aliphatic carbocycles. The molecule has 1 saturated carbocycles. The Kier molecular flexibility index (Phi) is 3.17. The normalized spacial score (nSPS) is 27.6. The zero-order valence-electron chi connectivity index (χ0n) is 11.9. The van der Waals surface area contributed by atoms with Crippen molar-refractivity contribution in [1.29, 1.82) is 0 Å². The highest BCUT2D eigenvalue weighted by Gasteiger charge is 2.24. The summed E-state index contributed by atoms with van der Waals surface area (Å²) in [5.41, 5.74) is 2.11. The predicted octanol–water partition coefficient (Wildman–Crippen LogP) is 3.27. The van der Waals surface area contributed by atoms with Crippen molar-refractivity contribution in [3.8, 4) is 0 Å². The first-order valence-corrected chi connectivity index (χ1v) is 7.19. The van der Waals surface area contributed by atoms with Crippen LogP contribution in [0.15, 0.2) is 18.3 Å². The second kappa shape index (κ2) is 4.83. The molecule has 4 heteroatoms. The molecule has 2 unspecified atom stereocenters. The summed E-state index contributed by atoms with van der Waals surface area (Å²) in [6.07, 6.45) is 5.80. The van der Waals surface area contributed by atoms with Gasteiger partial charge < -0.3 is 5.32 Å². The van der Waals surface area contributed by atoms with Crippen LogP contribution in [0.25, 0.3) is 5.65 Å². The molecule has 2 aromatic rings. The van der Waals surface area contributed by atoms with Crippen LogP contribution in [0.5, 0.6) is 0 Å². The van der Waals surface area contributed by atoms with Crippen LogP contribution in [0.1, 0.15) is 38.7 Å². The summed E-state index contributed by atoms with van der Waals surface area (Å²) in [6, 6.07) is 4.59. The van der Waals surface area contributed by atoms with Crippen LogP contribution in [0.3, 0.4) is 0 Å². The zero-order chi connectivity index (χ0) is 13.4. The van der Waals surface area contributed by atoms with E-state index in [9.17, 15) is 0 Å². The SMILES string of the molecule is Cc1ccc2nc(NC3CC(C)CC(C)C3)nn2c1. The second-order valence-electron chi connectivity index (χ2n) is 6.20. The largest absolute Gasteiger partial charge is 0.350 e. The van der Waals surface area contributed by atoms with Crippen molar-refractivity contribution in [2.24, 2.45) is 11.8 Å². The van der Waals surface area contributed by atoms with E-state index >= 15 is 0 Å². The molecule has 2 heterocycles. The number of nitrogens with zero attached hydrogens (tertiary/aromatic N) is 3. The lowest BCUT2D eigenvalue weighted by atomic mass is 9.80. The van der Waals surface area contributed by atoms with E-state index in [1.165, 1.54) is 24.8 Å². The number of fused-ring (bicyclic) bond motifs is 1. The van der Waals surface area contributed by atoms with Gasteiger partial charge in [0.25, 0.3) is 0 Å². The summed E-state index contributed by atoms with van der Waals surface area (Å²) < 4.78 is 1.85. The van der Waals surface area contributed by atoms with E-state index in [4.69, 9.17) is 0 Å². The maximum Gasteiger partial charge on any atom is 0.243 e. The maximum atomic E-state index is 4.54. The van der Waals surface area contributed by atoms with Gasteiger partial charge in [-0.25, -0.2) is 4.52 Å². The van der Waals surface area contributed by atoms with Crippen LogP contribution < -0.4 is 5.32 Å². The zero-order valence-corrected chi connectivity index (χ0v) is 11.9. The van der Waals surface area contributed by atoms with Gasteiger partial charge in [0.1, 0.15) is 0 Å². The maximum absolute atomic E-state index is 4.54.